The lowest BCUT2D eigenvalue weighted by molar-refractivity contribution is 0.0591. The van der Waals surface area contributed by atoms with Crippen LogP contribution in [-0.2, 0) is 22.6 Å². The second-order valence-electron chi connectivity index (χ2n) is 14.3. The number of likely N-dealkylation sites (N-methyl/N-ethyl adjacent to an activating group) is 1. The molecule has 1 heterocycles. The van der Waals surface area contributed by atoms with E-state index in [9.17, 15) is 36.7 Å². The SMILES string of the molecule is COC(=O)c1ccc(CN(C(=O)N2CC[C@@H](N(C)C)C2)c2ccc(F)cc2Cl)c(F)c1.COC(=O)c1ccc(CN(C(=O)Oc2ccc(C)cc2)c2ccc(F)cc2Cl)c(F)c1. The zero-order valence-electron chi connectivity index (χ0n) is 34.3. The van der Waals surface area contributed by atoms with Gasteiger partial charge in [-0.15, -0.1) is 0 Å². The van der Waals surface area contributed by atoms with E-state index in [4.69, 9.17) is 27.9 Å². The Morgan fingerprint density at radius 3 is 1.60 bits per heavy atom. The van der Waals surface area contributed by atoms with Crippen LogP contribution in [0.2, 0.25) is 10.0 Å². The summed E-state index contributed by atoms with van der Waals surface area (Å²) < 4.78 is 71.1. The van der Waals surface area contributed by atoms with Gasteiger partial charge in [-0.1, -0.05) is 53.0 Å². The molecule has 5 aromatic carbocycles. The molecule has 0 saturated carbocycles. The van der Waals surface area contributed by atoms with Gasteiger partial charge < -0.3 is 24.0 Å². The number of hydrogen-bond acceptors (Lipinski definition) is 8. The van der Waals surface area contributed by atoms with Crippen LogP contribution >= 0.6 is 23.2 Å². The maximum Gasteiger partial charge on any atom is 0.420 e. The van der Waals surface area contributed by atoms with Crippen molar-refractivity contribution >= 4 is 58.6 Å². The van der Waals surface area contributed by atoms with E-state index >= 15 is 0 Å². The molecule has 0 aromatic heterocycles. The highest BCUT2D eigenvalue weighted by atomic mass is 35.5. The maximum absolute atomic E-state index is 14.7. The molecule has 0 spiro atoms. The van der Waals surface area contributed by atoms with Crippen molar-refractivity contribution < 1.29 is 51.0 Å². The van der Waals surface area contributed by atoms with Gasteiger partial charge in [-0.05, 0) is 100 Å². The number of esters is 2. The van der Waals surface area contributed by atoms with Crippen LogP contribution in [0.3, 0.4) is 0 Å². The molecule has 0 radical (unpaired) electrons. The summed E-state index contributed by atoms with van der Waals surface area (Å²) in [7, 11) is 6.30. The number of anilines is 2. The molecule has 1 aliphatic rings. The van der Waals surface area contributed by atoms with Gasteiger partial charge in [-0.25, -0.2) is 36.7 Å². The Balaban J connectivity index is 0.000000234. The fourth-order valence-corrected chi connectivity index (χ4v) is 6.89. The van der Waals surface area contributed by atoms with Crippen molar-refractivity contribution in [1.82, 2.24) is 9.80 Å². The van der Waals surface area contributed by atoms with E-state index in [1.807, 2.05) is 25.9 Å². The molecule has 6 rings (SSSR count). The summed E-state index contributed by atoms with van der Waals surface area (Å²) >= 11 is 12.4. The van der Waals surface area contributed by atoms with Crippen LogP contribution in [-0.4, -0.2) is 81.3 Å². The Hall–Kier alpha value is -6.16. The number of carbonyl (C=O) groups is 4. The van der Waals surface area contributed by atoms with Crippen molar-refractivity contribution in [2.24, 2.45) is 0 Å². The van der Waals surface area contributed by atoms with Crippen LogP contribution in [0.4, 0.5) is 38.5 Å². The molecule has 1 saturated heterocycles. The minimum Gasteiger partial charge on any atom is -0.465 e. The van der Waals surface area contributed by atoms with Crippen LogP contribution in [0.15, 0.2) is 97.1 Å². The van der Waals surface area contributed by atoms with Crippen molar-refractivity contribution in [2.45, 2.75) is 32.5 Å². The van der Waals surface area contributed by atoms with E-state index in [2.05, 4.69) is 9.47 Å². The average molecular weight is 898 g/mol. The standard InChI is InChI=1S/C23H18ClF2NO4.C22H24ClF2N3O3/c1-14-3-8-18(9-4-14)31-23(29)27(21-10-7-17(25)12-19(21)24)13-16-6-5-15(11-20(16)26)22(28)30-2;1-26(2)17-8-9-27(13-17)22(30)28(20-7-6-16(24)11-18(20)23)12-15-5-4-14(10-19(15)25)21(29)31-3/h3-12H,13H2,1-2H3;4-7,10-11,17H,8-9,12-13H2,1-3H3/t;17-/m.1/s1. The predicted octanol–water partition coefficient (Wildman–Crippen LogP) is 10.1. The molecular weight excluding hydrogens is 855 g/mol. The van der Waals surface area contributed by atoms with E-state index in [1.54, 1.807) is 29.2 Å². The molecule has 0 bridgehead atoms. The summed E-state index contributed by atoms with van der Waals surface area (Å²) in [6.45, 7) is 2.53. The molecule has 1 fully saturated rings. The van der Waals surface area contributed by atoms with Gasteiger partial charge in [0.2, 0.25) is 0 Å². The number of halogens is 6. The first-order chi connectivity index (χ1) is 29.5. The topological polar surface area (TPSA) is 109 Å². The first-order valence-electron chi connectivity index (χ1n) is 18.9. The Morgan fingerprint density at radius 1 is 0.677 bits per heavy atom. The van der Waals surface area contributed by atoms with Crippen LogP contribution in [0, 0.1) is 30.2 Å². The largest absolute Gasteiger partial charge is 0.465 e. The summed E-state index contributed by atoms with van der Waals surface area (Å²) in [4.78, 5) is 55.7. The summed E-state index contributed by atoms with van der Waals surface area (Å²) in [5.41, 5.74) is 1.76. The van der Waals surface area contributed by atoms with E-state index in [0.29, 0.717) is 13.1 Å². The second kappa shape index (κ2) is 21.1. The number of hydrogen-bond donors (Lipinski definition) is 0. The van der Waals surface area contributed by atoms with E-state index in [-0.39, 0.29) is 74.6 Å². The Bertz CT molecular complexity index is 2440. The number of methoxy groups -OCH3 is 2. The molecular formula is C45H42Cl2F4N4O7. The Kier molecular flexibility index (Phi) is 15.9. The van der Waals surface area contributed by atoms with Gasteiger partial charge in [-0.2, -0.15) is 0 Å². The lowest BCUT2D eigenvalue weighted by atomic mass is 10.1. The van der Waals surface area contributed by atoms with E-state index in [1.165, 1.54) is 61.6 Å². The zero-order valence-corrected chi connectivity index (χ0v) is 35.8. The fourth-order valence-electron chi connectivity index (χ4n) is 6.36. The molecule has 3 amide bonds. The highest BCUT2D eigenvalue weighted by molar-refractivity contribution is 6.34. The van der Waals surface area contributed by atoms with Crippen molar-refractivity contribution in [1.29, 1.82) is 0 Å². The predicted molar refractivity (Wildman–Crippen MR) is 227 cm³/mol. The molecule has 62 heavy (non-hydrogen) atoms. The summed E-state index contributed by atoms with van der Waals surface area (Å²) in [6.07, 6.45) is -0.0276. The number of urea groups is 1. The lowest BCUT2D eigenvalue weighted by Crippen LogP contribution is -2.43. The number of ether oxygens (including phenoxy) is 3. The second-order valence-corrected chi connectivity index (χ2v) is 15.1. The summed E-state index contributed by atoms with van der Waals surface area (Å²) in [5, 5.41) is -0.00394. The smallest absolute Gasteiger partial charge is 0.420 e. The van der Waals surface area contributed by atoms with Crippen LogP contribution in [0.5, 0.6) is 5.75 Å². The van der Waals surface area contributed by atoms with Gasteiger partial charge in [0.15, 0.2) is 0 Å². The lowest BCUT2D eigenvalue weighted by Gasteiger charge is -2.29. The van der Waals surface area contributed by atoms with Crippen LogP contribution in [0.1, 0.15) is 43.8 Å². The molecule has 0 N–H and O–H groups in total. The molecule has 326 valence electrons. The first kappa shape index (κ1) is 46.9. The third-order valence-electron chi connectivity index (χ3n) is 9.85. The molecule has 5 aromatic rings. The van der Waals surface area contributed by atoms with Gasteiger partial charge in [0.05, 0.1) is 59.9 Å². The molecule has 1 atom stereocenters. The molecule has 0 aliphatic carbocycles. The third-order valence-corrected chi connectivity index (χ3v) is 10.5. The normalized spacial score (nSPS) is 13.2. The van der Waals surface area contributed by atoms with Gasteiger partial charge in [0.25, 0.3) is 0 Å². The molecule has 17 heteroatoms. The van der Waals surface area contributed by atoms with Gasteiger partial charge >= 0.3 is 24.1 Å². The van der Waals surface area contributed by atoms with Gasteiger partial charge in [-0.3, -0.25) is 9.80 Å². The van der Waals surface area contributed by atoms with Crippen LogP contribution in [0.25, 0.3) is 0 Å². The van der Waals surface area contributed by atoms with Crippen molar-refractivity contribution in [2.75, 3.05) is 51.2 Å². The van der Waals surface area contributed by atoms with Crippen molar-refractivity contribution in [3.8, 4) is 5.75 Å². The highest BCUT2D eigenvalue weighted by Gasteiger charge is 2.32. The van der Waals surface area contributed by atoms with E-state index in [0.717, 1.165) is 47.2 Å². The zero-order chi connectivity index (χ0) is 45.2. The number of nitrogens with zero attached hydrogens (tertiary/aromatic N) is 4. The minimum atomic E-state index is -0.839. The summed E-state index contributed by atoms with van der Waals surface area (Å²) in [6, 6.07) is 21.5. The van der Waals surface area contributed by atoms with Crippen molar-refractivity contribution in [3.05, 3.63) is 158 Å². The number of aryl methyl sites for hydroxylation is 1. The van der Waals surface area contributed by atoms with Gasteiger partial charge in [0.1, 0.15) is 29.0 Å². The number of benzene rings is 5. The third kappa shape index (κ3) is 11.8. The fraction of sp³-hybridized carbons (Fsp3) is 0.244. The Labute approximate surface area is 365 Å². The van der Waals surface area contributed by atoms with Crippen molar-refractivity contribution in [3.63, 3.8) is 0 Å². The number of carbonyl (C=O) groups excluding carboxylic acids is 4. The molecule has 0 unspecified atom stereocenters. The highest BCUT2D eigenvalue weighted by Crippen LogP contribution is 2.32. The average Bonchev–Trinajstić information content (AvgIpc) is 3.75. The molecule has 11 nitrogen and oxygen atoms in total. The van der Waals surface area contributed by atoms with Crippen LogP contribution < -0.4 is 14.5 Å². The maximum atomic E-state index is 14.7. The van der Waals surface area contributed by atoms with Gasteiger partial charge in [0, 0.05) is 30.3 Å². The Morgan fingerprint density at radius 2 is 1.16 bits per heavy atom. The summed E-state index contributed by atoms with van der Waals surface area (Å²) in [5.74, 6) is -3.59. The minimum absolute atomic E-state index is 0.0253. The number of amides is 3. The molecule has 1 aliphatic heterocycles. The monoisotopic (exact) mass is 896 g/mol. The number of rotatable bonds is 10. The van der Waals surface area contributed by atoms with E-state index < -0.39 is 41.3 Å². The quantitative estimate of drug-likeness (QED) is 0.101. The number of likely N-dealkylation sites (tertiary alicyclic amines) is 1. The first-order valence-corrected chi connectivity index (χ1v) is 19.7.